The van der Waals surface area contributed by atoms with E-state index in [0.29, 0.717) is 13.0 Å². The van der Waals surface area contributed by atoms with Gasteiger partial charge in [0.2, 0.25) is 5.91 Å². The van der Waals surface area contributed by atoms with Gasteiger partial charge in [-0.25, -0.2) is 0 Å². The predicted molar refractivity (Wildman–Crippen MR) is 54.0 cm³/mol. The summed E-state index contributed by atoms with van der Waals surface area (Å²) in [6.45, 7) is 2.63. The zero-order valence-corrected chi connectivity index (χ0v) is 8.18. The van der Waals surface area contributed by atoms with Crippen molar-refractivity contribution in [3.8, 4) is 12.3 Å². The first-order valence-corrected chi connectivity index (χ1v) is 4.69. The van der Waals surface area contributed by atoms with Crippen LogP contribution >= 0.6 is 0 Å². The summed E-state index contributed by atoms with van der Waals surface area (Å²) in [6, 6.07) is -0.365. The molecule has 0 aromatic rings. The Morgan fingerprint density at radius 2 is 2.38 bits per heavy atom. The minimum Gasteiger partial charge on any atom is -0.355 e. The maximum absolute atomic E-state index is 11.2. The number of nitrogens with two attached hydrogens (primary N) is 1. The quantitative estimate of drug-likeness (QED) is 0.468. The van der Waals surface area contributed by atoms with Crippen LogP contribution in [0, 0.1) is 12.3 Å². The minimum absolute atomic E-state index is 0.0705. The summed E-state index contributed by atoms with van der Waals surface area (Å²) in [5, 5.41) is 2.74. The molecule has 0 spiro atoms. The zero-order chi connectivity index (χ0) is 10.1. The molecule has 0 fully saturated rings. The van der Waals surface area contributed by atoms with Gasteiger partial charge in [-0.2, -0.15) is 0 Å². The van der Waals surface area contributed by atoms with Crippen LogP contribution in [0.2, 0.25) is 0 Å². The number of carbonyl (C=O) groups is 1. The summed E-state index contributed by atoms with van der Waals surface area (Å²) in [5.74, 6) is 2.44. The van der Waals surface area contributed by atoms with Crippen LogP contribution in [0.5, 0.6) is 0 Å². The summed E-state index contributed by atoms with van der Waals surface area (Å²) in [4.78, 5) is 11.2. The van der Waals surface area contributed by atoms with Crippen LogP contribution in [0.1, 0.15) is 32.6 Å². The first kappa shape index (κ1) is 12.0. The predicted octanol–water partition coefficient (Wildman–Crippen LogP) is 0.643. The Labute approximate surface area is 80.1 Å². The van der Waals surface area contributed by atoms with E-state index >= 15 is 0 Å². The number of carbonyl (C=O) groups excluding carboxylic acids is 1. The third-order valence-corrected chi connectivity index (χ3v) is 1.73. The molecule has 0 rings (SSSR count). The Morgan fingerprint density at radius 1 is 1.69 bits per heavy atom. The summed E-state index contributed by atoms with van der Waals surface area (Å²) in [5.41, 5.74) is 5.59. The smallest absolute Gasteiger partial charge is 0.236 e. The monoisotopic (exact) mass is 182 g/mol. The first-order chi connectivity index (χ1) is 6.22. The Morgan fingerprint density at radius 3 is 2.92 bits per heavy atom. The van der Waals surface area contributed by atoms with Gasteiger partial charge in [0.15, 0.2) is 0 Å². The van der Waals surface area contributed by atoms with Gasteiger partial charge in [-0.05, 0) is 12.8 Å². The van der Waals surface area contributed by atoms with Crippen LogP contribution in [-0.2, 0) is 4.79 Å². The van der Waals surface area contributed by atoms with Crippen molar-refractivity contribution in [3.05, 3.63) is 0 Å². The molecule has 74 valence electrons. The molecule has 13 heavy (non-hydrogen) atoms. The lowest BCUT2D eigenvalue weighted by Crippen LogP contribution is -2.40. The molecule has 0 heterocycles. The average Bonchev–Trinajstić information content (AvgIpc) is 2.12. The van der Waals surface area contributed by atoms with Gasteiger partial charge in [-0.3, -0.25) is 4.79 Å². The van der Waals surface area contributed by atoms with Gasteiger partial charge in [-0.15, -0.1) is 12.3 Å². The van der Waals surface area contributed by atoms with Crippen molar-refractivity contribution in [1.29, 1.82) is 0 Å². The fourth-order valence-electron chi connectivity index (χ4n) is 0.975. The lowest BCUT2D eigenvalue weighted by molar-refractivity contribution is -0.122. The molecule has 0 aliphatic heterocycles. The van der Waals surface area contributed by atoms with Gasteiger partial charge in [0, 0.05) is 13.0 Å². The number of rotatable bonds is 6. The summed E-state index contributed by atoms with van der Waals surface area (Å²) < 4.78 is 0. The maximum atomic E-state index is 11.2. The molecule has 0 aromatic carbocycles. The molecule has 0 aliphatic carbocycles. The van der Waals surface area contributed by atoms with Crippen LogP contribution in [0.25, 0.3) is 0 Å². The lowest BCUT2D eigenvalue weighted by Gasteiger charge is -2.10. The highest BCUT2D eigenvalue weighted by molar-refractivity contribution is 5.81. The van der Waals surface area contributed by atoms with Crippen LogP contribution in [0.15, 0.2) is 0 Å². The van der Waals surface area contributed by atoms with E-state index in [4.69, 9.17) is 12.2 Å². The Hall–Kier alpha value is -1.01. The SMILES string of the molecule is C#CCCCNC(=O)C(N)CCC. The topological polar surface area (TPSA) is 55.1 Å². The van der Waals surface area contributed by atoms with Crippen molar-refractivity contribution in [1.82, 2.24) is 5.32 Å². The van der Waals surface area contributed by atoms with Gasteiger partial charge in [0.05, 0.1) is 6.04 Å². The van der Waals surface area contributed by atoms with Crippen LogP contribution in [0.3, 0.4) is 0 Å². The van der Waals surface area contributed by atoms with E-state index in [1.165, 1.54) is 0 Å². The molecular weight excluding hydrogens is 164 g/mol. The van der Waals surface area contributed by atoms with E-state index < -0.39 is 0 Å². The highest BCUT2D eigenvalue weighted by Crippen LogP contribution is 1.93. The number of nitrogens with one attached hydrogen (secondary N) is 1. The molecule has 1 atom stereocenters. The maximum Gasteiger partial charge on any atom is 0.236 e. The summed E-state index contributed by atoms with van der Waals surface area (Å²) in [6.07, 6.45) is 8.25. The molecule has 1 unspecified atom stereocenters. The van der Waals surface area contributed by atoms with Crippen LogP contribution in [0.4, 0.5) is 0 Å². The zero-order valence-electron chi connectivity index (χ0n) is 8.18. The van der Waals surface area contributed by atoms with Gasteiger partial charge in [0.1, 0.15) is 0 Å². The van der Waals surface area contributed by atoms with E-state index in [1.807, 2.05) is 6.92 Å². The summed E-state index contributed by atoms with van der Waals surface area (Å²) >= 11 is 0. The minimum atomic E-state index is -0.365. The number of amides is 1. The molecule has 3 heteroatoms. The van der Waals surface area contributed by atoms with Crippen LogP contribution < -0.4 is 11.1 Å². The fourth-order valence-corrected chi connectivity index (χ4v) is 0.975. The number of terminal acetylenes is 1. The second kappa shape index (κ2) is 7.63. The Balaban J connectivity index is 3.45. The van der Waals surface area contributed by atoms with E-state index in [-0.39, 0.29) is 11.9 Å². The molecule has 0 aliphatic rings. The van der Waals surface area contributed by atoms with Gasteiger partial charge < -0.3 is 11.1 Å². The van der Waals surface area contributed by atoms with Crippen molar-refractivity contribution < 1.29 is 4.79 Å². The van der Waals surface area contributed by atoms with Crippen molar-refractivity contribution in [2.24, 2.45) is 5.73 Å². The van der Waals surface area contributed by atoms with Crippen molar-refractivity contribution in [3.63, 3.8) is 0 Å². The number of hydrogen-bond acceptors (Lipinski definition) is 2. The van der Waals surface area contributed by atoms with Crippen molar-refractivity contribution >= 4 is 5.91 Å². The molecule has 0 aromatic heterocycles. The van der Waals surface area contributed by atoms with Crippen molar-refractivity contribution in [2.45, 2.75) is 38.6 Å². The van der Waals surface area contributed by atoms with E-state index in [9.17, 15) is 4.79 Å². The fraction of sp³-hybridized carbons (Fsp3) is 0.700. The largest absolute Gasteiger partial charge is 0.355 e. The van der Waals surface area contributed by atoms with Gasteiger partial charge in [0.25, 0.3) is 0 Å². The normalized spacial score (nSPS) is 11.8. The summed E-state index contributed by atoms with van der Waals surface area (Å²) in [7, 11) is 0. The molecule has 3 N–H and O–H groups in total. The molecule has 0 saturated heterocycles. The van der Waals surface area contributed by atoms with E-state index in [1.54, 1.807) is 0 Å². The van der Waals surface area contributed by atoms with Crippen molar-refractivity contribution in [2.75, 3.05) is 6.54 Å². The van der Waals surface area contributed by atoms with E-state index in [0.717, 1.165) is 19.3 Å². The van der Waals surface area contributed by atoms with Gasteiger partial charge >= 0.3 is 0 Å². The second-order valence-electron chi connectivity index (χ2n) is 2.99. The van der Waals surface area contributed by atoms with E-state index in [2.05, 4.69) is 11.2 Å². The standard InChI is InChI=1S/C10H18N2O/c1-3-5-6-8-12-10(13)9(11)7-4-2/h1,9H,4-8,11H2,2H3,(H,12,13). The molecule has 0 saturated carbocycles. The first-order valence-electron chi connectivity index (χ1n) is 4.69. The Kier molecular flexibility index (Phi) is 7.04. The number of hydrogen-bond donors (Lipinski definition) is 2. The number of unbranched alkanes of at least 4 members (excludes halogenated alkanes) is 1. The van der Waals surface area contributed by atoms with Gasteiger partial charge in [-0.1, -0.05) is 13.3 Å². The molecule has 3 nitrogen and oxygen atoms in total. The third-order valence-electron chi connectivity index (χ3n) is 1.73. The highest BCUT2D eigenvalue weighted by atomic mass is 16.2. The third kappa shape index (κ3) is 6.18. The highest BCUT2D eigenvalue weighted by Gasteiger charge is 2.10. The molecule has 0 bridgehead atoms. The molecule has 1 amide bonds. The average molecular weight is 182 g/mol. The lowest BCUT2D eigenvalue weighted by atomic mass is 10.1. The van der Waals surface area contributed by atoms with Crippen LogP contribution in [-0.4, -0.2) is 18.5 Å². The molecular formula is C10H18N2O. The Bertz CT molecular complexity index is 184. The second-order valence-corrected chi connectivity index (χ2v) is 2.99. The molecule has 0 radical (unpaired) electrons.